The fourth-order valence-corrected chi connectivity index (χ4v) is 3.79. The molecule has 0 N–H and O–H groups in total. The van der Waals surface area contributed by atoms with Gasteiger partial charge in [-0.2, -0.15) is 0 Å². The number of benzene rings is 2. The van der Waals surface area contributed by atoms with Gasteiger partial charge >= 0.3 is 0 Å². The summed E-state index contributed by atoms with van der Waals surface area (Å²) in [6, 6.07) is 21.7. The molecule has 0 aliphatic carbocycles. The number of amides is 1. The maximum atomic E-state index is 12.7. The number of aryl methyl sites for hydroxylation is 1. The average Bonchev–Trinajstić information content (AvgIpc) is 3.40. The molecule has 2 heterocycles. The van der Waals surface area contributed by atoms with Crippen LogP contribution in [0, 0.1) is 0 Å². The lowest BCUT2D eigenvalue weighted by Crippen LogP contribution is -2.35. The molecular formula is C24H26N2O3. The van der Waals surface area contributed by atoms with Gasteiger partial charge in [0.2, 0.25) is 0 Å². The maximum Gasteiger partial charge on any atom is 0.261 e. The summed E-state index contributed by atoms with van der Waals surface area (Å²) < 4.78 is 13.6. The summed E-state index contributed by atoms with van der Waals surface area (Å²) in [5.74, 6) is 1.47. The summed E-state index contributed by atoms with van der Waals surface area (Å²) in [6.45, 7) is 1.35. The first-order valence-electron chi connectivity index (χ1n) is 10.0. The van der Waals surface area contributed by atoms with Crippen LogP contribution < -0.4 is 9.47 Å². The van der Waals surface area contributed by atoms with Crippen molar-refractivity contribution in [3.05, 3.63) is 84.2 Å². The Kier molecular flexibility index (Phi) is 5.84. The van der Waals surface area contributed by atoms with Gasteiger partial charge in [0, 0.05) is 25.5 Å². The number of carbonyl (C=O) groups is 1. The highest BCUT2D eigenvalue weighted by molar-refractivity contribution is 5.78. The monoisotopic (exact) mass is 390 g/mol. The van der Waals surface area contributed by atoms with Gasteiger partial charge in [-0.25, -0.2) is 0 Å². The number of carbonyl (C=O) groups excluding carboxylic acids is 1. The fourth-order valence-electron chi connectivity index (χ4n) is 3.79. The zero-order valence-corrected chi connectivity index (χ0v) is 16.7. The molecule has 4 rings (SSSR count). The van der Waals surface area contributed by atoms with E-state index >= 15 is 0 Å². The Hall–Kier alpha value is -3.21. The van der Waals surface area contributed by atoms with Crippen LogP contribution in [-0.2, 0) is 18.4 Å². The molecule has 0 radical (unpaired) electrons. The highest BCUT2D eigenvalue weighted by atomic mass is 16.5. The van der Waals surface area contributed by atoms with Crippen LogP contribution in [0.2, 0.25) is 0 Å². The van der Waals surface area contributed by atoms with E-state index in [2.05, 4.69) is 10.6 Å². The number of hydrogen-bond acceptors (Lipinski definition) is 3. The molecule has 1 aliphatic heterocycles. The predicted octanol–water partition coefficient (Wildman–Crippen LogP) is 4.35. The van der Waals surface area contributed by atoms with Crippen molar-refractivity contribution in [3.8, 4) is 11.5 Å². The third kappa shape index (κ3) is 4.62. The Labute approximate surface area is 171 Å². The van der Waals surface area contributed by atoms with E-state index in [0.29, 0.717) is 12.4 Å². The van der Waals surface area contributed by atoms with Crippen molar-refractivity contribution in [2.75, 3.05) is 13.2 Å². The van der Waals surface area contributed by atoms with Crippen molar-refractivity contribution < 1.29 is 14.3 Å². The topological polar surface area (TPSA) is 43.7 Å². The first-order chi connectivity index (χ1) is 14.2. The standard InChI is InChI=1S/C24H26N2O3/c1-25-15-5-9-22(25)23-10-6-16-26(23)24(27)18-29-21-13-11-20(12-14-21)28-17-19-7-3-2-4-8-19/h2-5,7-9,11-15,23H,6,10,16-18H2,1H3. The zero-order valence-electron chi connectivity index (χ0n) is 16.7. The number of rotatable bonds is 7. The van der Waals surface area contributed by atoms with Gasteiger partial charge in [0.1, 0.15) is 18.1 Å². The van der Waals surface area contributed by atoms with Crippen LogP contribution in [0.5, 0.6) is 11.5 Å². The molecule has 1 atom stereocenters. The molecule has 1 fully saturated rings. The van der Waals surface area contributed by atoms with Gasteiger partial charge in [-0.3, -0.25) is 4.79 Å². The quantitative estimate of drug-likeness (QED) is 0.603. The highest BCUT2D eigenvalue weighted by Crippen LogP contribution is 2.32. The molecule has 2 aromatic carbocycles. The maximum absolute atomic E-state index is 12.7. The van der Waals surface area contributed by atoms with Gasteiger partial charge in [0.05, 0.1) is 6.04 Å². The molecule has 1 aliphatic rings. The molecule has 0 spiro atoms. The van der Waals surface area contributed by atoms with Crippen LogP contribution in [0.15, 0.2) is 72.9 Å². The summed E-state index contributed by atoms with van der Waals surface area (Å²) in [5, 5.41) is 0. The van der Waals surface area contributed by atoms with Gasteiger partial charge in [0.25, 0.3) is 5.91 Å². The van der Waals surface area contributed by atoms with Crippen molar-refractivity contribution in [2.45, 2.75) is 25.5 Å². The van der Waals surface area contributed by atoms with E-state index < -0.39 is 0 Å². The van der Waals surface area contributed by atoms with E-state index in [4.69, 9.17) is 9.47 Å². The van der Waals surface area contributed by atoms with Crippen LogP contribution in [0.1, 0.15) is 30.1 Å². The van der Waals surface area contributed by atoms with Gasteiger partial charge < -0.3 is 18.9 Å². The highest BCUT2D eigenvalue weighted by Gasteiger charge is 2.31. The number of nitrogens with zero attached hydrogens (tertiary/aromatic N) is 2. The average molecular weight is 390 g/mol. The normalized spacial score (nSPS) is 16.0. The second kappa shape index (κ2) is 8.86. The molecule has 0 saturated carbocycles. The molecule has 5 nitrogen and oxygen atoms in total. The van der Waals surface area contributed by atoms with Gasteiger partial charge in [-0.15, -0.1) is 0 Å². The number of ether oxygens (including phenoxy) is 2. The molecule has 0 bridgehead atoms. The third-order valence-corrected chi connectivity index (χ3v) is 5.33. The Morgan fingerprint density at radius 3 is 2.38 bits per heavy atom. The van der Waals surface area contributed by atoms with E-state index in [9.17, 15) is 4.79 Å². The van der Waals surface area contributed by atoms with Crippen LogP contribution in [-0.4, -0.2) is 28.5 Å². The van der Waals surface area contributed by atoms with Crippen molar-refractivity contribution in [1.29, 1.82) is 0 Å². The van der Waals surface area contributed by atoms with E-state index in [1.54, 1.807) is 0 Å². The minimum atomic E-state index is 0.0260. The Bertz CT molecular complexity index is 934. The second-order valence-corrected chi connectivity index (χ2v) is 7.32. The van der Waals surface area contributed by atoms with Gasteiger partial charge in [-0.1, -0.05) is 30.3 Å². The van der Waals surface area contributed by atoms with Crippen molar-refractivity contribution >= 4 is 5.91 Å². The minimum Gasteiger partial charge on any atom is -0.489 e. The van der Waals surface area contributed by atoms with E-state index in [-0.39, 0.29) is 18.6 Å². The lowest BCUT2D eigenvalue weighted by atomic mass is 10.1. The van der Waals surface area contributed by atoms with E-state index in [0.717, 1.165) is 30.7 Å². The smallest absolute Gasteiger partial charge is 0.261 e. The number of aromatic nitrogens is 1. The van der Waals surface area contributed by atoms with Gasteiger partial charge in [0.15, 0.2) is 6.61 Å². The fraction of sp³-hybridized carbons (Fsp3) is 0.292. The Balaban J connectivity index is 1.29. The molecule has 1 saturated heterocycles. The summed E-state index contributed by atoms with van der Waals surface area (Å²) >= 11 is 0. The molecule has 5 heteroatoms. The second-order valence-electron chi connectivity index (χ2n) is 7.32. The predicted molar refractivity (Wildman–Crippen MR) is 112 cm³/mol. The summed E-state index contributed by atoms with van der Waals surface area (Å²) in [7, 11) is 2.02. The van der Waals surface area contributed by atoms with Crippen molar-refractivity contribution in [1.82, 2.24) is 9.47 Å². The molecule has 1 unspecified atom stereocenters. The SMILES string of the molecule is Cn1cccc1C1CCCN1C(=O)COc1ccc(OCc2ccccc2)cc1. The minimum absolute atomic E-state index is 0.0260. The van der Waals surface area contributed by atoms with Gasteiger partial charge in [-0.05, 0) is 54.8 Å². The van der Waals surface area contributed by atoms with Crippen LogP contribution in [0.4, 0.5) is 0 Å². The summed E-state index contributed by atoms with van der Waals surface area (Å²) in [5.41, 5.74) is 2.30. The largest absolute Gasteiger partial charge is 0.489 e. The first kappa shape index (κ1) is 19.1. The molecule has 29 heavy (non-hydrogen) atoms. The van der Waals surface area contributed by atoms with Crippen LogP contribution in [0.3, 0.4) is 0 Å². The van der Waals surface area contributed by atoms with E-state index in [1.165, 1.54) is 5.69 Å². The number of likely N-dealkylation sites (tertiary alicyclic amines) is 1. The van der Waals surface area contributed by atoms with Crippen molar-refractivity contribution in [2.24, 2.45) is 7.05 Å². The third-order valence-electron chi connectivity index (χ3n) is 5.33. The first-order valence-corrected chi connectivity index (χ1v) is 10.0. The van der Waals surface area contributed by atoms with Crippen molar-refractivity contribution in [3.63, 3.8) is 0 Å². The molecule has 3 aromatic rings. The molecular weight excluding hydrogens is 364 g/mol. The van der Waals surface area contributed by atoms with Crippen LogP contribution >= 0.6 is 0 Å². The Morgan fingerprint density at radius 2 is 1.69 bits per heavy atom. The summed E-state index contributed by atoms with van der Waals surface area (Å²) in [6.07, 6.45) is 4.04. The lowest BCUT2D eigenvalue weighted by molar-refractivity contribution is -0.134. The Morgan fingerprint density at radius 1 is 0.966 bits per heavy atom. The van der Waals surface area contributed by atoms with E-state index in [1.807, 2.05) is 78.8 Å². The number of hydrogen-bond donors (Lipinski definition) is 0. The lowest BCUT2D eigenvalue weighted by Gasteiger charge is -2.25. The molecule has 1 aromatic heterocycles. The molecule has 150 valence electrons. The zero-order chi connectivity index (χ0) is 20.1. The van der Waals surface area contributed by atoms with Crippen LogP contribution in [0.25, 0.3) is 0 Å². The summed E-state index contributed by atoms with van der Waals surface area (Å²) in [4.78, 5) is 14.7. The molecule has 1 amide bonds.